The van der Waals surface area contributed by atoms with Crippen LogP contribution in [-0.4, -0.2) is 19.3 Å². The summed E-state index contributed by atoms with van der Waals surface area (Å²) >= 11 is 11.7. The number of fused-ring (bicyclic) bond motifs is 1. The summed E-state index contributed by atoms with van der Waals surface area (Å²) in [6.07, 6.45) is 5.21. The van der Waals surface area contributed by atoms with Crippen LogP contribution in [0, 0.1) is 0 Å². The minimum absolute atomic E-state index is 0.0321. The summed E-state index contributed by atoms with van der Waals surface area (Å²) in [7, 11) is 3.15. The van der Waals surface area contributed by atoms with Crippen LogP contribution in [0.3, 0.4) is 0 Å². The molecule has 0 amide bonds. The van der Waals surface area contributed by atoms with E-state index < -0.39 is 0 Å². The van der Waals surface area contributed by atoms with Crippen LogP contribution < -0.4 is 20.1 Å². The van der Waals surface area contributed by atoms with Gasteiger partial charge in [0.1, 0.15) is 11.5 Å². The van der Waals surface area contributed by atoms with Crippen LogP contribution in [-0.2, 0) is 6.42 Å². The third-order valence-corrected chi connectivity index (χ3v) is 4.58. The van der Waals surface area contributed by atoms with Crippen LogP contribution in [0.15, 0.2) is 48.6 Å². The van der Waals surface area contributed by atoms with Gasteiger partial charge in [0.2, 0.25) is 0 Å². The number of anilines is 1. The van der Waals surface area contributed by atoms with Crippen molar-refractivity contribution in [1.82, 2.24) is 5.32 Å². The van der Waals surface area contributed by atoms with Gasteiger partial charge >= 0.3 is 0 Å². The Bertz CT molecular complexity index is 823. The van der Waals surface area contributed by atoms with E-state index in [2.05, 4.69) is 41.0 Å². The summed E-state index contributed by atoms with van der Waals surface area (Å²) in [5, 5.41) is 7.45. The Kier molecular flexibility index (Phi) is 5.46. The maximum atomic E-state index is 6.21. The molecule has 1 aliphatic rings. The first kappa shape index (κ1) is 17.6. The molecule has 1 atom stereocenters. The summed E-state index contributed by atoms with van der Waals surface area (Å²) in [5.41, 5.74) is 3.21. The lowest BCUT2D eigenvalue weighted by molar-refractivity contribution is 0.396. The summed E-state index contributed by atoms with van der Waals surface area (Å²) < 4.78 is 10.6. The van der Waals surface area contributed by atoms with E-state index in [4.69, 9.17) is 33.3 Å². The molecule has 0 saturated heterocycles. The van der Waals surface area contributed by atoms with Crippen molar-refractivity contribution in [2.75, 3.05) is 19.5 Å². The molecule has 0 fully saturated rings. The lowest BCUT2D eigenvalue weighted by Crippen LogP contribution is -2.32. The van der Waals surface area contributed by atoms with Crippen molar-refractivity contribution < 1.29 is 9.47 Å². The fourth-order valence-corrected chi connectivity index (χ4v) is 3.32. The van der Waals surface area contributed by atoms with Crippen molar-refractivity contribution in [2.45, 2.75) is 12.5 Å². The summed E-state index contributed by atoms with van der Waals surface area (Å²) in [5.74, 6) is 1.15. The molecule has 0 aliphatic heterocycles. The van der Waals surface area contributed by atoms with Crippen LogP contribution in [0.2, 0.25) is 5.02 Å². The number of benzene rings is 2. The van der Waals surface area contributed by atoms with E-state index in [0.717, 1.165) is 6.42 Å². The molecule has 0 bridgehead atoms. The van der Waals surface area contributed by atoms with E-state index in [-0.39, 0.29) is 6.04 Å². The largest absolute Gasteiger partial charge is 0.495 e. The molecule has 1 unspecified atom stereocenters. The van der Waals surface area contributed by atoms with E-state index in [9.17, 15) is 0 Å². The number of ether oxygens (including phenoxy) is 2. The Morgan fingerprint density at radius 3 is 2.68 bits per heavy atom. The third-order valence-electron chi connectivity index (χ3n) is 4.07. The van der Waals surface area contributed by atoms with Gasteiger partial charge in [-0.3, -0.25) is 0 Å². The van der Waals surface area contributed by atoms with Gasteiger partial charge in [0.15, 0.2) is 5.11 Å². The molecule has 2 aromatic rings. The molecule has 130 valence electrons. The highest BCUT2D eigenvalue weighted by Crippen LogP contribution is 2.36. The number of nitrogens with one attached hydrogen (secondary N) is 2. The Hall–Kier alpha value is -2.24. The number of halogens is 1. The monoisotopic (exact) mass is 374 g/mol. The highest BCUT2D eigenvalue weighted by Gasteiger charge is 2.17. The first-order valence-electron chi connectivity index (χ1n) is 7.86. The Morgan fingerprint density at radius 2 is 1.92 bits per heavy atom. The second-order valence-electron chi connectivity index (χ2n) is 5.59. The molecule has 0 saturated carbocycles. The number of allylic oxidation sites excluding steroid dienone is 1. The van der Waals surface area contributed by atoms with Gasteiger partial charge in [0, 0.05) is 6.07 Å². The van der Waals surface area contributed by atoms with Gasteiger partial charge in [0.05, 0.1) is 31.0 Å². The number of rotatable bonds is 4. The average molecular weight is 375 g/mol. The highest BCUT2D eigenvalue weighted by atomic mass is 35.5. The van der Waals surface area contributed by atoms with E-state index in [0.29, 0.717) is 27.3 Å². The first-order chi connectivity index (χ1) is 12.1. The zero-order valence-corrected chi connectivity index (χ0v) is 15.6. The lowest BCUT2D eigenvalue weighted by Gasteiger charge is -2.24. The van der Waals surface area contributed by atoms with Crippen molar-refractivity contribution in [2.24, 2.45) is 0 Å². The number of hydrogen-bond donors (Lipinski definition) is 2. The maximum Gasteiger partial charge on any atom is 0.171 e. The molecule has 0 aromatic heterocycles. The van der Waals surface area contributed by atoms with E-state index >= 15 is 0 Å². The first-order valence-corrected chi connectivity index (χ1v) is 8.64. The van der Waals surface area contributed by atoms with Crippen molar-refractivity contribution in [3.8, 4) is 11.5 Å². The molecule has 1 aliphatic carbocycles. The molecule has 3 rings (SSSR count). The predicted octanol–water partition coefficient (Wildman–Crippen LogP) is 4.50. The van der Waals surface area contributed by atoms with Crippen LogP contribution in [0.1, 0.15) is 17.2 Å². The van der Waals surface area contributed by atoms with Crippen LogP contribution >= 0.6 is 23.8 Å². The van der Waals surface area contributed by atoms with E-state index in [1.807, 2.05) is 6.07 Å². The topological polar surface area (TPSA) is 42.5 Å². The average Bonchev–Trinajstić information content (AvgIpc) is 2.62. The van der Waals surface area contributed by atoms with Gasteiger partial charge in [-0.2, -0.15) is 0 Å². The second-order valence-corrected chi connectivity index (χ2v) is 6.41. The van der Waals surface area contributed by atoms with Gasteiger partial charge in [-0.15, -0.1) is 0 Å². The Balaban J connectivity index is 1.76. The standard InChI is InChI=1S/C19H19ClN2O2S/c1-23-17-11-18(24-2)16(10-14(17)20)22-19(25)21-15-9-5-7-12-6-3-4-8-13(12)15/h3-6,8-11,15H,7H2,1-2H3,(H2,21,22,25). The molecule has 0 radical (unpaired) electrons. The van der Waals surface area contributed by atoms with Crippen molar-refractivity contribution >= 4 is 34.6 Å². The van der Waals surface area contributed by atoms with Crippen molar-refractivity contribution in [3.05, 3.63) is 64.7 Å². The van der Waals surface area contributed by atoms with Gasteiger partial charge in [-0.1, -0.05) is 48.0 Å². The van der Waals surface area contributed by atoms with Crippen LogP contribution in [0.4, 0.5) is 5.69 Å². The molecule has 6 heteroatoms. The summed E-state index contributed by atoms with van der Waals surface area (Å²) in [4.78, 5) is 0. The minimum Gasteiger partial charge on any atom is -0.495 e. The zero-order chi connectivity index (χ0) is 17.8. The number of methoxy groups -OCH3 is 2. The molecule has 0 heterocycles. The molecule has 2 aromatic carbocycles. The van der Waals surface area contributed by atoms with Gasteiger partial charge in [-0.25, -0.2) is 0 Å². The lowest BCUT2D eigenvalue weighted by atomic mass is 9.93. The summed E-state index contributed by atoms with van der Waals surface area (Å²) in [6.45, 7) is 0. The highest BCUT2D eigenvalue weighted by molar-refractivity contribution is 7.80. The van der Waals surface area contributed by atoms with Crippen LogP contribution in [0.25, 0.3) is 0 Å². The van der Waals surface area contributed by atoms with Gasteiger partial charge in [0.25, 0.3) is 0 Å². The fourth-order valence-electron chi connectivity index (χ4n) is 2.84. The van der Waals surface area contributed by atoms with Crippen LogP contribution in [0.5, 0.6) is 11.5 Å². The SMILES string of the molecule is COc1cc(OC)c(NC(=S)NC2C=CCc3ccccc32)cc1Cl. The van der Waals surface area contributed by atoms with Crippen molar-refractivity contribution in [3.63, 3.8) is 0 Å². The molecule has 2 N–H and O–H groups in total. The molecule has 25 heavy (non-hydrogen) atoms. The zero-order valence-electron chi connectivity index (χ0n) is 14.0. The number of thiocarbonyl (C=S) groups is 1. The predicted molar refractivity (Wildman–Crippen MR) is 106 cm³/mol. The smallest absolute Gasteiger partial charge is 0.171 e. The van der Waals surface area contributed by atoms with E-state index in [1.54, 1.807) is 26.4 Å². The molecule has 0 spiro atoms. The second kappa shape index (κ2) is 7.76. The maximum absolute atomic E-state index is 6.21. The fraction of sp³-hybridized carbons (Fsp3) is 0.211. The Morgan fingerprint density at radius 1 is 1.16 bits per heavy atom. The molecular weight excluding hydrogens is 356 g/mol. The minimum atomic E-state index is 0.0321. The van der Waals surface area contributed by atoms with E-state index in [1.165, 1.54) is 11.1 Å². The van der Waals surface area contributed by atoms with Gasteiger partial charge < -0.3 is 20.1 Å². The number of hydrogen-bond acceptors (Lipinski definition) is 3. The third kappa shape index (κ3) is 3.89. The summed E-state index contributed by atoms with van der Waals surface area (Å²) in [6, 6.07) is 11.8. The molecular formula is C19H19ClN2O2S. The Labute approximate surface area is 157 Å². The normalized spacial score (nSPS) is 15.2. The van der Waals surface area contributed by atoms with Gasteiger partial charge in [-0.05, 0) is 35.8 Å². The molecule has 4 nitrogen and oxygen atoms in total. The van der Waals surface area contributed by atoms with Crippen molar-refractivity contribution in [1.29, 1.82) is 0 Å². The quantitative estimate of drug-likeness (QED) is 0.609.